The Kier molecular flexibility index (Phi) is 3.99. The van der Waals surface area contributed by atoms with Crippen LogP contribution in [0.1, 0.15) is 6.42 Å². The molecule has 2 atom stereocenters. The molecule has 142 valence electrons. The number of ether oxygens (including phenoxy) is 2. The molecule has 1 N–H and O–H groups in total. The molecule has 1 aromatic carbocycles. The number of methoxy groups -OCH3 is 2. The summed E-state index contributed by atoms with van der Waals surface area (Å²) < 4.78 is 36.3. The number of sulfonamides is 1. The fourth-order valence-corrected chi connectivity index (χ4v) is 5.89. The summed E-state index contributed by atoms with van der Waals surface area (Å²) in [5, 5.41) is 2.68. The minimum Gasteiger partial charge on any atom is -0.497 e. The van der Waals surface area contributed by atoms with Crippen molar-refractivity contribution in [2.75, 3.05) is 30.4 Å². The van der Waals surface area contributed by atoms with Crippen LogP contribution in [0.5, 0.6) is 11.6 Å². The van der Waals surface area contributed by atoms with E-state index in [4.69, 9.17) is 9.47 Å². The van der Waals surface area contributed by atoms with E-state index >= 15 is 0 Å². The van der Waals surface area contributed by atoms with Gasteiger partial charge in [0.25, 0.3) is 0 Å². The van der Waals surface area contributed by atoms with Gasteiger partial charge >= 0.3 is 0 Å². The van der Waals surface area contributed by atoms with Crippen LogP contribution in [0, 0.1) is 5.92 Å². The Hall–Kier alpha value is -2.81. The van der Waals surface area contributed by atoms with Gasteiger partial charge in [-0.2, -0.15) is 0 Å². The number of amides is 1. The average Bonchev–Trinajstić information content (AvgIpc) is 3.38. The van der Waals surface area contributed by atoms with Gasteiger partial charge in [0.15, 0.2) is 4.75 Å². The molecule has 1 aliphatic heterocycles. The van der Waals surface area contributed by atoms with Crippen LogP contribution in [-0.4, -0.2) is 44.8 Å². The molecule has 1 aromatic heterocycles. The third-order valence-corrected chi connectivity index (χ3v) is 7.68. The number of hydrogen-bond acceptors (Lipinski definition) is 6. The zero-order chi connectivity index (χ0) is 19.2. The van der Waals surface area contributed by atoms with Crippen LogP contribution in [0.15, 0.2) is 42.6 Å². The van der Waals surface area contributed by atoms with Crippen LogP contribution in [0.2, 0.25) is 0 Å². The highest BCUT2D eigenvalue weighted by Gasteiger charge is 2.75. The number of nitrogens with zero attached hydrogens (tertiary/aromatic N) is 2. The van der Waals surface area contributed by atoms with Crippen molar-refractivity contribution in [3.8, 4) is 11.6 Å². The van der Waals surface area contributed by atoms with E-state index in [1.54, 1.807) is 43.5 Å². The number of hydrogen-bond donors (Lipinski definition) is 1. The summed E-state index contributed by atoms with van der Waals surface area (Å²) in [6.45, 7) is 0.295. The molecule has 2 fully saturated rings. The number of nitrogens with one attached hydrogen (secondary N) is 1. The molecule has 1 aliphatic carbocycles. The summed E-state index contributed by atoms with van der Waals surface area (Å²) in [7, 11) is -0.784. The van der Waals surface area contributed by atoms with E-state index in [0.717, 1.165) is 0 Å². The number of fused-ring (bicyclic) bond motifs is 1. The predicted molar refractivity (Wildman–Crippen MR) is 99.5 cm³/mol. The third kappa shape index (κ3) is 2.61. The average molecular weight is 389 g/mol. The maximum atomic E-state index is 13.1. The number of rotatable bonds is 5. The SMILES string of the molecule is COc1ccc(N2C[C@@H]3C[C@]3(C(=O)Nc3ccc(OC)nc3)S2(=O)=O)cc1. The van der Waals surface area contributed by atoms with Crippen molar-refractivity contribution >= 4 is 27.3 Å². The fraction of sp³-hybridized carbons (Fsp3) is 0.333. The number of benzene rings is 1. The first-order chi connectivity index (χ1) is 12.9. The molecule has 8 nitrogen and oxygen atoms in total. The lowest BCUT2D eigenvalue weighted by atomic mass is 10.2. The molecule has 0 spiro atoms. The number of carbonyl (C=O) groups excluding carboxylic acids is 1. The number of carbonyl (C=O) groups is 1. The minimum atomic E-state index is -3.82. The molecule has 0 bridgehead atoms. The zero-order valence-electron chi connectivity index (χ0n) is 14.9. The zero-order valence-corrected chi connectivity index (χ0v) is 15.7. The number of aromatic nitrogens is 1. The van der Waals surface area contributed by atoms with Gasteiger partial charge < -0.3 is 14.8 Å². The highest BCUT2D eigenvalue weighted by atomic mass is 32.2. The smallest absolute Gasteiger partial charge is 0.250 e. The van der Waals surface area contributed by atoms with Crippen LogP contribution in [0.3, 0.4) is 0 Å². The van der Waals surface area contributed by atoms with E-state index in [-0.39, 0.29) is 5.92 Å². The third-order valence-electron chi connectivity index (χ3n) is 5.13. The first-order valence-electron chi connectivity index (χ1n) is 8.40. The van der Waals surface area contributed by atoms with Gasteiger partial charge in [-0.15, -0.1) is 0 Å². The molecule has 1 saturated carbocycles. The summed E-state index contributed by atoms with van der Waals surface area (Å²) in [5.41, 5.74) is 0.959. The first-order valence-corrected chi connectivity index (χ1v) is 9.84. The van der Waals surface area contributed by atoms with E-state index in [1.807, 2.05) is 0 Å². The molecule has 4 rings (SSSR count). The number of pyridine rings is 1. The molecule has 1 amide bonds. The monoisotopic (exact) mass is 389 g/mol. The van der Waals surface area contributed by atoms with Crippen molar-refractivity contribution in [1.29, 1.82) is 0 Å². The van der Waals surface area contributed by atoms with Gasteiger partial charge in [-0.25, -0.2) is 13.4 Å². The molecule has 0 radical (unpaired) electrons. The van der Waals surface area contributed by atoms with Crippen LogP contribution in [0.25, 0.3) is 0 Å². The highest BCUT2D eigenvalue weighted by Crippen LogP contribution is 2.58. The van der Waals surface area contributed by atoms with Crippen LogP contribution in [-0.2, 0) is 14.8 Å². The maximum Gasteiger partial charge on any atom is 0.250 e. The Balaban J connectivity index is 1.57. The summed E-state index contributed by atoms with van der Waals surface area (Å²) in [5.74, 6) is 0.306. The van der Waals surface area contributed by atoms with Crippen molar-refractivity contribution in [3.05, 3.63) is 42.6 Å². The summed E-state index contributed by atoms with van der Waals surface area (Å²) in [4.78, 5) is 16.8. The molecule has 0 unspecified atom stereocenters. The lowest BCUT2D eigenvalue weighted by Gasteiger charge is -2.23. The topological polar surface area (TPSA) is 97.8 Å². The maximum absolute atomic E-state index is 13.1. The lowest BCUT2D eigenvalue weighted by molar-refractivity contribution is -0.116. The summed E-state index contributed by atoms with van der Waals surface area (Å²) >= 11 is 0. The Morgan fingerprint density at radius 1 is 1.19 bits per heavy atom. The van der Waals surface area contributed by atoms with Crippen molar-refractivity contribution in [2.45, 2.75) is 11.2 Å². The minimum absolute atomic E-state index is 0.226. The molecule has 9 heteroatoms. The standard InChI is InChI=1S/C18H19N3O5S/c1-25-15-6-4-14(5-7-15)21-11-12-9-18(12,27(21,23)24)17(22)20-13-3-8-16(26-2)19-10-13/h3-8,10,12H,9,11H2,1-2H3,(H,20,22)/t12-,18-/m0/s1. The Bertz CT molecular complexity index is 975. The second-order valence-electron chi connectivity index (χ2n) is 6.57. The number of anilines is 2. The van der Waals surface area contributed by atoms with E-state index in [2.05, 4.69) is 10.3 Å². The van der Waals surface area contributed by atoms with E-state index in [9.17, 15) is 13.2 Å². The van der Waals surface area contributed by atoms with Crippen LogP contribution in [0.4, 0.5) is 11.4 Å². The van der Waals surface area contributed by atoms with Gasteiger partial charge in [0.2, 0.25) is 21.8 Å². The molecular formula is C18H19N3O5S. The van der Waals surface area contributed by atoms with Crippen molar-refractivity contribution < 1.29 is 22.7 Å². The molecule has 1 saturated heterocycles. The van der Waals surface area contributed by atoms with Gasteiger partial charge in [0, 0.05) is 18.5 Å². The summed E-state index contributed by atoms with van der Waals surface area (Å²) in [6.07, 6.45) is 1.77. The van der Waals surface area contributed by atoms with Crippen molar-refractivity contribution in [3.63, 3.8) is 0 Å². The molecule has 2 aromatic rings. The van der Waals surface area contributed by atoms with Gasteiger partial charge in [-0.1, -0.05) is 0 Å². The van der Waals surface area contributed by atoms with Crippen molar-refractivity contribution in [1.82, 2.24) is 4.98 Å². The van der Waals surface area contributed by atoms with E-state index in [1.165, 1.54) is 17.6 Å². The van der Waals surface area contributed by atoms with Gasteiger partial charge in [-0.3, -0.25) is 9.10 Å². The summed E-state index contributed by atoms with van der Waals surface area (Å²) in [6, 6.07) is 9.99. The molecule has 27 heavy (non-hydrogen) atoms. The predicted octanol–water partition coefficient (Wildman–Crippen LogP) is 1.65. The lowest BCUT2D eigenvalue weighted by Crippen LogP contribution is -2.42. The van der Waals surface area contributed by atoms with Gasteiger partial charge in [0.1, 0.15) is 5.75 Å². The van der Waals surface area contributed by atoms with Crippen LogP contribution < -0.4 is 19.1 Å². The van der Waals surface area contributed by atoms with Gasteiger partial charge in [-0.05, 0) is 36.8 Å². The highest BCUT2D eigenvalue weighted by molar-refractivity contribution is 7.95. The van der Waals surface area contributed by atoms with Gasteiger partial charge in [0.05, 0.1) is 31.8 Å². The Labute approximate surface area is 157 Å². The normalized spacial score (nSPS) is 24.8. The second-order valence-corrected chi connectivity index (χ2v) is 8.69. The van der Waals surface area contributed by atoms with Crippen LogP contribution >= 0.6 is 0 Å². The molecule has 2 aliphatic rings. The quantitative estimate of drug-likeness (QED) is 0.835. The Morgan fingerprint density at radius 3 is 2.52 bits per heavy atom. The second kappa shape index (κ2) is 6.12. The van der Waals surface area contributed by atoms with Crippen molar-refractivity contribution in [2.24, 2.45) is 5.92 Å². The molecule has 2 heterocycles. The Morgan fingerprint density at radius 2 is 1.93 bits per heavy atom. The van der Waals surface area contributed by atoms with E-state index in [0.29, 0.717) is 36.0 Å². The van der Waals surface area contributed by atoms with E-state index < -0.39 is 20.7 Å². The first kappa shape index (κ1) is 17.6. The fourth-order valence-electron chi connectivity index (χ4n) is 3.53. The molecular weight excluding hydrogens is 370 g/mol. The largest absolute Gasteiger partial charge is 0.497 e.